The van der Waals surface area contributed by atoms with Gasteiger partial charge in [0.25, 0.3) is 5.91 Å². The van der Waals surface area contributed by atoms with E-state index in [0.717, 1.165) is 0 Å². The first kappa shape index (κ1) is 14.0. The molecule has 0 radical (unpaired) electrons. The third kappa shape index (κ3) is 3.33. The van der Waals surface area contributed by atoms with Crippen molar-refractivity contribution in [1.82, 2.24) is 20.1 Å². The lowest BCUT2D eigenvalue weighted by Crippen LogP contribution is -2.23. The quantitative estimate of drug-likeness (QED) is 0.821. The summed E-state index contributed by atoms with van der Waals surface area (Å²) in [5.74, 6) is -0.566. The Labute approximate surface area is 120 Å². The highest BCUT2D eigenvalue weighted by atomic mass is 35.5. The van der Waals surface area contributed by atoms with E-state index < -0.39 is 0 Å². The van der Waals surface area contributed by atoms with Crippen LogP contribution in [-0.2, 0) is 11.3 Å². The predicted octanol–water partition coefficient (Wildman–Crippen LogP) is 0.930. The molecule has 0 saturated carbocycles. The van der Waals surface area contributed by atoms with Gasteiger partial charge in [-0.15, -0.1) is 0 Å². The first-order valence-electron chi connectivity index (χ1n) is 5.75. The van der Waals surface area contributed by atoms with Crippen LogP contribution in [0.2, 0.25) is 5.15 Å². The molecule has 2 aromatic heterocycles. The number of nitrogens with zero attached hydrogens (tertiary/aromatic N) is 3. The van der Waals surface area contributed by atoms with Gasteiger partial charge in [-0.2, -0.15) is 5.10 Å². The normalized spacial score (nSPS) is 10.1. The molecule has 0 atom stereocenters. The lowest BCUT2D eigenvalue weighted by atomic mass is 10.2. The fraction of sp³-hybridized carbons (Fsp3) is 0.167. The van der Waals surface area contributed by atoms with Crippen LogP contribution < -0.4 is 10.6 Å². The molecule has 2 N–H and O–H groups in total. The molecule has 20 heavy (non-hydrogen) atoms. The highest BCUT2D eigenvalue weighted by molar-refractivity contribution is 6.33. The molecule has 0 bridgehead atoms. The van der Waals surface area contributed by atoms with E-state index in [1.807, 2.05) is 0 Å². The van der Waals surface area contributed by atoms with Crippen LogP contribution in [-0.4, -0.2) is 33.6 Å². The molecule has 0 saturated heterocycles. The fourth-order valence-corrected chi connectivity index (χ4v) is 1.70. The largest absolute Gasteiger partial charge is 0.358 e. The molecule has 0 fully saturated rings. The minimum Gasteiger partial charge on any atom is -0.358 e. The molecular weight excluding hydrogens is 282 g/mol. The number of aromatic nitrogens is 3. The van der Waals surface area contributed by atoms with Gasteiger partial charge in [-0.05, 0) is 12.1 Å². The van der Waals surface area contributed by atoms with Crippen LogP contribution in [0.15, 0.2) is 30.7 Å². The standard InChI is InChI=1S/C12H12ClN5O2/c1-14-10(19)7-18-6-8(5-16-18)17-12(20)9-3-2-4-15-11(9)13/h2-6H,7H2,1H3,(H,14,19)(H,17,20). The maximum Gasteiger partial charge on any atom is 0.258 e. The van der Waals surface area contributed by atoms with Crippen molar-refractivity contribution < 1.29 is 9.59 Å². The van der Waals surface area contributed by atoms with E-state index in [9.17, 15) is 9.59 Å². The van der Waals surface area contributed by atoms with Crippen molar-refractivity contribution >= 4 is 29.1 Å². The van der Waals surface area contributed by atoms with Crippen LogP contribution in [0.5, 0.6) is 0 Å². The molecule has 0 spiro atoms. The van der Waals surface area contributed by atoms with Crippen LogP contribution in [0.25, 0.3) is 0 Å². The second-order valence-electron chi connectivity index (χ2n) is 3.90. The summed E-state index contributed by atoms with van der Waals surface area (Å²) < 4.78 is 1.42. The van der Waals surface area contributed by atoms with Crippen LogP contribution in [0, 0.1) is 0 Å². The monoisotopic (exact) mass is 293 g/mol. The van der Waals surface area contributed by atoms with Crippen LogP contribution in [0.1, 0.15) is 10.4 Å². The Kier molecular flexibility index (Phi) is 4.31. The summed E-state index contributed by atoms with van der Waals surface area (Å²) in [5, 5.41) is 9.21. The molecule has 0 aromatic carbocycles. The summed E-state index contributed by atoms with van der Waals surface area (Å²) in [5.41, 5.74) is 0.743. The lowest BCUT2D eigenvalue weighted by molar-refractivity contribution is -0.121. The Morgan fingerprint density at radius 1 is 1.45 bits per heavy atom. The maximum atomic E-state index is 12.0. The average molecular weight is 294 g/mol. The summed E-state index contributed by atoms with van der Waals surface area (Å²) in [7, 11) is 1.54. The summed E-state index contributed by atoms with van der Waals surface area (Å²) in [4.78, 5) is 27.0. The fourth-order valence-electron chi connectivity index (χ4n) is 1.49. The van der Waals surface area contributed by atoms with E-state index in [1.54, 1.807) is 25.4 Å². The maximum absolute atomic E-state index is 12.0. The van der Waals surface area contributed by atoms with Gasteiger partial charge in [0.1, 0.15) is 11.7 Å². The van der Waals surface area contributed by atoms with Crippen molar-refractivity contribution in [2.75, 3.05) is 12.4 Å². The Hall–Kier alpha value is -2.41. The van der Waals surface area contributed by atoms with Gasteiger partial charge in [-0.1, -0.05) is 11.6 Å². The Morgan fingerprint density at radius 3 is 2.95 bits per heavy atom. The summed E-state index contributed by atoms with van der Waals surface area (Å²) in [6.07, 6.45) is 4.50. The molecule has 0 aliphatic carbocycles. The van der Waals surface area contributed by atoms with E-state index in [4.69, 9.17) is 11.6 Å². The topological polar surface area (TPSA) is 88.9 Å². The highest BCUT2D eigenvalue weighted by Gasteiger charge is 2.12. The lowest BCUT2D eigenvalue weighted by Gasteiger charge is -2.03. The molecule has 0 aliphatic rings. The van der Waals surface area contributed by atoms with Crippen LogP contribution in [0.4, 0.5) is 5.69 Å². The molecular formula is C12H12ClN5O2. The number of hydrogen-bond acceptors (Lipinski definition) is 4. The van der Waals surface area contributed by atoms with Crippen molar-refractivity contribution in [2.24, 2.45) is 0 Å². The van der Waals surface area contributed by atoms with E-state index in [2.05, 4.69) is 20.7 Å². The van der Waals surface area contributed by atoms with Crippen molar-refractivity contribution in [3.8, 4) is 0 Å². The van der Waals surface area contributed by atoms with Gasteiger partial charge in [0.2, 0.25) is 5.91 Å². The molecule has 2 heterocycles. The van der Waals surface area contributed by atoms with Crippen molar-refractivity contribution in [3.05, 3.63) is 41.4 Å². The number of carbonyl (C=O) groups excluding carboxylic acids is 2. The first-order chi connectivity index (χ1) is 9.60. The molecule has 0 aliphatic heterocycles. The molecule has 2 rings (SSSR count). The molecule has 0 unspecified atom stereocenters. The predicted molar refractivity (Wildman–Crippen MR) is 73.5 cm³/mol. The number of carbonyl (C=O) groups is 2. The van der Waals surface area contributed by atoms with E-state index in [0.29, 0.717) is 5.69 Å². The Balaban J connectivity index is 2.05. The van der Waals surface area contributed by atoms with Gasteiger partial charge < -0.3 is 10.6 Å². The van der Waals surface area contributed by atoms with Crippen molar-refractivity contribution in [2.45, 2.75) is 6.54 Å². The number of amides is 2. The van der Waals surface area contributed by atoms with Crippen molar-refractivity contribution in [1.29, 1.82) is 0 Å². The first-order valence-corrected chi connectivity index (χ1v) is 6.13. The van der Waals surface area contributed by atoms with Crippen molar-refractivity contribution in [3.63, 3.8) is 0 Å². The summed E-state index contributed by atoms with van der Waals surface area (Å²) in [6, 6.07) is 3.19. The number of pyridine rings is 1. The number of anilines is 1. The number of likely N-dealkylation sites (N-methyl/N-ethyl adjacent to an activating group) is 1. The minimum absolute atomic E-state index is 0.0834. The van der Waals surface area contributed by atoms with Gasteiger partial charge in [0.15, 0.2) is 0 Å². The highest BCUT2D eigenvalue weighted by Crippen LogP contribution is 2.14. The zero-order valence-electron chi connectivity index (χ0n) is 10.6. The third-order valence-corrected chi connectivity index (χ3v) is 2.78. The SMILES string of the molecule is CNC(=O)Cn1cc(NC(=O)c2cccnc2Cl)cn1. The molecule has 2 amide bonds. The van der Waals surface area contributed by atoms with E-state index >= 15 is 0 Å². The van der Waals surface area contributed by atoms with E-state index in [1.165, 1.54) is 17.1 Å². The second kappa shape index (κ2) is 6.16. The number of rotatable bonds is 4. The zero-order chi connectivity index (χ0) is 14.5. The third-order valence-electron chi connectivity index (χ3n) is 2.48. The van der Waals surface area contributed by atoms with Gasteiger partial charge in [-0.25, -0.2) is 4.98 Å². The average Bonchev–Trinajstić information content (AvgIpc) is 2.86. The molecule has 2 aromatic rings. The molecule has 8 heteroatoms. The minimum atomic E-state index is -0.386. The molecule has 104 valence electrons. The number of hydrogen-bond donors (Lipinski definition) is 2. The van der Waals surface area contributed by atoms with E-state index in [-0.39, 0.29) is 29.1 Å². The zero-order valence-corrected chi connectivity index (χ0v) is 11.4. The smallest absolute Gasteiger partial charge is 0.258 e. The number of halogens is 1. The summed E-state index contributed by atoms with van der Waals surface area (Å²) >= 11 is 5.83. The van der Waals surface area contributed by atoms with Crippen LogP contribution in [0.3, 0.4) is 0 Å². The summed E-state index contributed by atoms with van der Waals surface area (Å²) in [6.45, 7) is 0.0834. The van der Waals surface area contributed by atoms with Gasteiger partial charge >= 0.3 is 0 Å². The molecule has 7 nitrogen and oxygen atoms in total. The Bertz CT molecular complexity index is 640. The van der Waals surface area contributed by atoms with Gasteiger partial charge in [0.05, 0.1) is 17.4 Å². The van der Waals surface area contributed by atoms with Gasteiger partial charge in [-0.3, -0.25) is 14.3 Å². The Morgan fingerprint density at radius 2 is 2.25 bits per heavy atom. The van der Waals surface area contributed by atoms with Crippen LogP contribution >= 0.6 is 11.6 Å². The van der Waals surface area contributed by atoms with Gasteiger partial charge in [0, 0.05) is 19.4 Å². The second-order valence-corrected chi connectivity index (χ2v) is 4.25. The number of nitrogens with one attached hydrogen (secondary N) is 2.